The van der Waals surface area contributed by atoms with Gasteiger partial charge in [-0.05, 0) is 31.2 Å². The average Bonchev–Trinajstić information content (AvgIpc) is 2.67. The molecule has 0 heterocycles. The zero-order valence-corrected chi connectivity index (χ0v) is 15.1. The Kier molecular flexibility index (Phi) is 6.32. The lowest BCUT2D eigenvalue weighted by Crippen LogP contribution is -2.32. The van der Waals surface area contributed by atoms with Crippen molar-refractivity contribution in [2.45, 2.75) is 13.0 Å². The highest BCUT2D eigenvalue weighted by Crippen LogP contribution is 2.29. The minimum absolute atomic E-state index is 0.137. The molecular weight excluding hydrogens is 352 g/mol. The maximum atomic E-state index is 12.4. The molecule has 0 aliphatic carbocycles. The highest BCUT2D eigenvalue weighted by atomic mass is 16.6. The summed E-state index contributed by atoms with van der Waals surface area (Å²) >= 11 is 0. The number of hydrogen-bond acceptors (Lipinski definition) is 6. The maximum Gasteiger partial charge on any atom is 0.273 e. The number of methoxy groups -OCH3 is 1. The summed E-state index contributed by atoms with van der Waals surface area (Å²) in [5.74, 6) is -0.412. The number of carbonyl (C=O) groups is 2. The van der Waals surface area contributed by atoms with Gasteiger partial charge in [0.25, 0.3) is 11.6 Å². The van der Waals surface area contributed by atoms with Crippen LogP contribution in [0.15, 0.2) is 42.5 Å². The molecule has 0 fully saturated rings. The van der Waals surface area contributed by atoms with Gasteiger partial charge in [0.15, 0.2) is 0 Å². The summed E-state index contributed by atoms with van der Waals surface area (Å²) in [6, 6.07) is 10.0. The number of nitro benzene ring substituents is 1. The van der Waals surface area contributed by atoms with Crippen LogP contribution in [-0.4, -0.2) is 36.9 Å². The highest BCUT2D eigenvalue weighted by Gasteiger charge is 2.17. The van der Waals surface area contributed by atoms with Crippen molar-refractivity contribution in [2.75, 3.05) is 24.8 Å². The third-order valence-electron chi connectivity index (χ3n) is 3.78. The van der Waals surface area contributed by atoms with Crippen molar-refractivity contribution < 1.29 is 19.2 Å². The SMILES string of the molecule is CNC(=O)c1cccc(N[C@@H](C)C(=O)Nc2ccc([N+](=O)[O-])cc2OC)c1. The summed E-state index contributed by atoms with van der Waals surface area (Å²) < 4.78 is 5.11. The second-order valence-corrected chi connectivity index (χ2v) is 5.66. The summed E-state index contributed by atoms with van der Waals surface area (Å²) in [5, 5.41) is 19.0. The number of nitro groups is 1. The van der Waals surface area contributed by atoms with Crippen LogP contribution in [0.25, 0.3) is 0 Å². The minimum atomic E-state index is -0.634. The first-order valence-corrected chi connectivity index (χ1v) is 8.07. The number of hydrogen-bond donors (Lipinski definition) is 3. The lowest BCUT2D eigenvalue weighted by Gasteiger charge is -2.17. The van der Waals surface area contributed by atoms with E-state index in [4.69, 9.17) is 4.74 Å². The molecule has 1 atom stereocenters. The predicted octanol–water partition coefficient (Wildman–Crippen LogP) is 2.40. The fourth-order valence-corrected chi connectivity index (χ4v) is 2.35. The van der Waals surface area contributed by atoms with Crippen LogP contribution in [-0.2, 0) is 4.79 Å². The van der Waals surface area contributed by atoms with Gasteiger partial charge in [-0.1, -0.05) is 6.07 Å². The normalized spacial score (nSPS) is 11.2. The molecule has 0 aliphatic rings. The van der Waals surface area contributed by atoms with Gasteiger partial charge in [-0.25, -0.2) is 0 Å². The largest absolute Gasteiger partial charge is 0.494 e. The summed E-state index contributed by atoms with van der Waals surface area (Å²) in [4.78, 5) is 34.4. The number of carbonyl (C=O) groups excluding carboxylic acids is 2. The molecular formula is C18H20N4O5. The van der Waals surface area contributed by atoms with Crippen molar-refractivity contribution in [1.82, 2.24) is 5.32 Å². The Bertz CT molecular complexity index is 869. The monoisotopic (exact) mass is 372 g/mol. The maximum absolute atomic E-state index is 12.4. The first-order chi connectivity index (χ1) is 12.8. The van der Waals surface area contributed by atoms with Crippen molar-refractivity contribution in [1.29, 1.82) is 0 Å². The van der Waals surface area contributed by atoms with E-state index in [1.807, 2.05) is 0 Å². The van der Waals surface area contributed by atoms with Crippen LogP contribution >= 0.6 is 0 Å². The number of ether oxygens (including phenoxy) is 1. The first kappa shape index (κ1) is 19.7. The van der Waals surface area contributed by atoms with Crippen LogP contribution in [0, 0.1) is 10.1 Å². The highest BCUT2D eigenvalue weighted by molar-refractivity contribution is 5.98. The van der Waals surface area contributed by atoms with Crippen molar-refractivity contribution in [3.05, 3.63) is 58.1 Å². The van der Waals surface area contributed by atoms with Crippen molar-refractivity contribution in [3.8, 4) is 5.75 Å². The third-order valence-corrected chi connectivity index (χ3v) is 3.78. The van der Waals surface area contributed by atoms with E-state index in [-0.39, 0.29) is 23.3 Å². The van der Waals surface area contributed by atoms with E-state index >= 15 is 0 Å². The zero-order chi connectivity index (χ0) is 20.0. The van der Waals surface area contributed by atoms with Crippen molar-refractivity contribution in [2.24, 2.45) is 0 Å². The third kappa shape index (κ3) is 4.94. The Morgan fingerprint density at radius 3 is 2.56 bits per heavy atom. The number of benzene rings is 2. The van der Waals surface area contributed by atoms with Crippen LogP contribution in [0.3, 0.4) is 0 Å². The molecule has 0 bridgehead atoms. The predicted molar refractivity (Wildman–Crippen MR) is 101 cm³/mol. The number of nitrogens with zero attached hydrogens (tertiary/aromatic N) is 1. The molecule has 142 valence electrons. The molecule has 27 heavy (non-hydrogen) atoms. The van der Waals surface area contributed by atoms with Gasteiger partial charge >= 0.3 is 0 Å². The van der Waals surface area contributed by atoms with E-state index in [0.717, 1.165) is 0 Å². The average molecular weight is 372 g/mol. The van der Waals surface area contributed by atoms with Gasteiger partial charge in [-0.15, -0.1) is 0 Å². The van der Waals surface area contributed by atoms with Gasteiger partial charge in [0.05, 0.1) is 23.8 Å². The van der Waals surface area contributed by atoms with E-state index in [0.29, 0.717) is 16.9 Å². The Morgan fingerprint density at radius 2 is 1.93 bits per heavy atom. The lowest BCUT2D eigenvalue weighted by molar-refractivity contribution is -0.384. The molecule has 2 amide bonds. The topological polar surface area (TPSA) is 123 Å². The molecule has 0 saturated heterocycles. The molecule has 3 N–H and O–H groups in total. The molecule has 2 aromatic carbocycles. The lowest BCUT2D eigenvalue weighted by atomic mass is 10.1. The summed E-state index contributed by atoms with van der Waals surface area (Å²) in [7, 11) is 2.90. The number of anilines is 2. The van der Waals surface area contributed by atoms with E-state index in [1.165, 1.54) is 32.4 Å². The zero-order valence-electron chi connectivity index (χ0n) is 15.1. The van der Waals surface area contributed by atoms with Crippen LogP contribution < -0.4 is 20.7 Å². The molecule has 0 aliphatic heterocycles. The van der Waals surface area contributed by atoms with Crippen LogP contribution in [0.2, 0.25) is 0 Å². The van der Waals surface area contributed by atoms with E-state index in [2.05, 4.69) is 16.0 Å². The van der Waals surface area contributed by atoms with Gasteiger partial charge in [0.2, 0.25) is 5.91 Å². The van der Waals surface area contributed by atoms with Gasteiger partial charge < -0.3 is 20.7 Å². The molecule has 0 radical (unpaired) electrons. The van der Waals surface area contributed by atoms with Crippen LogP contribution in [0.1, 0.15) is 17.3 Å². The van der Waals surface area contributed by atoms with Crippen LogP contribution in [0.5, 0.6) is 5.75 Å². The minimum Gasteiger partial charge on any atom is -0.494 e. The molecule has 0 unspecified atom stereocenters. The standard InChI is InChI=1S/C18H20N4O5/c1-11(20-13-6-4-5-12(9-13)18(24)19-2)17(23)21-15-8-7-14(22(25)26)10-16(15)27-3/h4-11,20H,1-3H3,(H,19,24)(H,21,23)/t11-/m0/s1. The summed E-state index contributed by atoms with van der Waals surface area (Å²) in [5.41, 5.74) is 1.25. The fourth-order valence-electron chi connectivity index (χ4n) is 2.35. The number of non-ortho nitro benzene ring substituents is 1. The van der Waals surface area contributed by atoms with Crippen LogP contribution in [0.4, 0.5) is 17.1 Å². The first-order valence-electron chi connectivity index (χ1n) is 8.07. The van der Waals surface area contributed by atoms with Gasteiger partial charge in [0, 0.05) is 24.4 Å². The molecule has 2 rings (SSSR count). The number of amides is 2. The Morgan fingerprint density at radius 1 is 1.19 bits per heavy atom. The van der Waals surface area contributed by atoms with E-state index in [9.17, 15) is 19.7 Å². The van der Waals surface area contributed by atoms with Crippen molar-refractivity contribution >= 4 is 28.9 Å². The molecule has 0 spiro atoms. The van der Waals surface area contributed by atoms with Gasteiger partial charge in [-0.3, -0.25) is 19.7 Å². The number of rotatable bonds is 7. The fraction of sp³-hybridized carbons (Fsp3) is 0.222. The van der Waals surface area contributed by atoms with Crippen molar-refractivity contribution in [3.63, 3.8) is 0 Å². The second kappa shape index (κ2) is 8.65. The summed E-state index contributed by atoms with van der Waals surface area (Å²) in [6.45, 7) is 1.65. The van der Waals surface area contributed by atoms with Gasteiger partial charge in [0.1, 0.15) is 11.8 Å². The van der Waals surface area contributed by atoms with E-state index < -0.39 is 11.0 Å². The van der Waals surface area contributed by atoms with Gasteiger partial charge in [-0.2, -0.15) is 0 Å². The second-order valence-electron chi connectivity index (χ2n) is 5.66. The smallest absolute Gasteiger partial charge is 0.273 e. The number of nitrogens with one attached hydrogen (secondary N) is 3. The molecule has 2 aromatic rings. The Labute approximate surface area is 155 Å². The summed E-state index contributed by atoms with van der Waals surface area (Å²) in [6.07, 6.45) is 0. The Hall–Kier alpha value is -3.62. The molecule has 0 saturated carbocycles. The molecule has 9 heteroatoms. The quantitative estimate of drug-likeness (QED) is 0.507. The Balaban J connectivity index is 2.10. The molecule has 0 aromatic heterocycles. The molecule has 9 nitrogen and oxygen atoms in total. The van der Waals surface area contributed by atoms with E-state index in [1.54, 1.807) is 31.2 Å².